The van der Waals surface area contributed by atoms with Crippen molar-refractivity contribution in [3.8, 4) is 11.5 Å². The molecule has 0 atom stereocenters. The van der Waals surface area contributed by atoms with Crippen LogP contribution >= 0.6 is 0 Å². The van der Waals surface area contributed by atoms with E-state index in [1.807, 2.05) is 0 Å². The summed E-state index contributed by atoms with van der Waals surface area (Å²) in [5.74, 6) is -0.942. The number of carbonyl (C=O) groups is 2. The van der Waals surface area contributed by atoms with Gasteiger partial charge in [0.1, 0.15) is 11.5 Å². The standard InChI is InChI=1S/C21H21NO8S/c1-4-22-19(21(24)28-3)20(16-7-5-6-8-17(16)31(22,25)26)30-18(23)13-29-15-11-9-14(27-2)10-12-15/h5-12H,4,13H2,1-3H3. The molecule has 1 heterocycles. The zero-order chi connectivity index (χ0) is 22.6. The lowest BCUT2D eigenvalue weighted by molar-refractivity contribution is -0.139. The molecule has 9 nitrogen and oxygen atoms in total. The second-order valence-corrected chi connectivity index (χ2v) is 8.10. The molecule has 0 N–H and O–H groups in total. The Morgan fingerprint density at radius 2 is 1.61 bits per heavy atom. The summed E-state index contributed by atoms with van der Waals surface area (Å²) in [6.07, 6.45) is 0. The molecule has 31 heavy (non-hydrogen) atoms. The van der Waals surface area contributed by atoms with Crippen LogP contribution in [0, 0.1) is 0 Å². The fraction of sp³-hybridized carbons (Fsp3) is 0.238. The molecule has 1 aliphatic rings. The van der Waals surface area contributed by atoms with Crippen molar-refractivity contribution < 1.29 is 37.0 Å². The third kappa shape index (κ3) is 4.33. The number of rotatable bonds is 7. The molecule has 0 aromatic heterocycles. The number of methoxy groups -OCH3 is 2. The van der Waals surface area contributed by atoms with Gasteiger partial charge in [-0.2, -0.15) is 0 Å². The lowest BCUT2D eigenvalue weighted by Crippen LogP contribution is -2.39. The lowest BCUT2D eigenvalue weighted by Gasteiger charge is -2.31. The molecule has 2 aromatic rings. The number of esters is 2. The summed E-state index contributed by atoms with van der Waals surface area (Å²) in [4.78, 5) is 24.9. The third-order valence-electron chi connectivity index (χ3n) is 4.46. The summed E-state index contributed by atoms with van der Waals surface area (Å²) in [6.45, 7) is 1.02. The largest absolute Gasteiger partial charge is 0.497 e. The minimum atomic E-state index is -4.03. The molecule has 2 aromatic carbocycles. The quantitative estimate of drug-likeness (QED) is 0.595. The van der Waals surface area contributed by atoms with E-state index < -0.39 is 28.6 Å². The summed E-state index contributed by atoms with van der Waals surface area (Å²) in [5, 5.41) is 0. The minimum Gasteiger partial charge on any atom is -0.497 e. The maximum absolute atomic E-state index is 13.0. The monoisotopic (exact) mass is 447 g/mol. The molecule has 0 saturated carbocycles. The van der Waals surface area contributed by atoms with Crippen LogP contribution in [0.1, 0.15) is 12.5 Å². The molecule has 0 unspecified atom stereocenters. The first-order valence-corrected chi connectivity index (χ1v) is 10.7. The van der Waals surface area contributed by atoms with Gasteiger partial charge in [-0.1, -0.05) is 12.1 Å². The van der Waals surface area contributed by atoms with Crippen molar-refractivity contribution >= 4 is 27.7 Å². The number of likely N-dealkylation sites (N-methyl/N-ethyl adjacent to an activating group) is 1. The number of ether oxygens (including phenoxy) is 4. The molecule has 0 amide bonds. The van der Waals surface area contributed by atoms with E-state index in [4.69, 9.17) is 18.9 Å². The van der Waals surface area contributed by atoms with E-state index >= 15 is 0 Å². The van der Waals surface area contributed by atoms with Crippen molar-refractivity contribution in [2.45, 2.75) is 11.8 Å². The number of fused-ring (bicyclic) bond motifs is 1. The highest BCUT2D eigenvalue weighted by molar-refractivity contribution is 7.89. The Morgan fingerprint density at radius 1 is 0.968 bits per heavy atom. The summed E-state index contributed by atoms with van der Waals surface area (Å²) < 4.78 is 47.5. The zero-order valence-electron chi connectivity index (χ0n) is 17.2. The molecule has 0 aliphatic carbocycles. The molecule has 0 fully saturated rings. The highest BCUT2D eigenvalue weighted by Crippen LogP contribution is 2.37. The Hall–Kier alpha value is -3.53. The molecular formula is C21H21NO8S. The maximum Gasteiger partial charge on any atom is 0.359 e. The van der Waals surface area contributed by atoms with Gasteiger partial charge in [-0.3, -0.25) is 4.31 Å². The van der Waals surface area contributed by atoms with Crippen LogP contribution in [0.3, 0.4) is 0 Å². The summed E-state index contributed by atoms with van der Waals surface area (Å²) in [6, 6.07) is 12.5. The lowest BCUT2D eigenvalue weighted by atomic mass is 10.1. The van der Waals surface area contributed by atoms with Crippen LogP contribution in [0.4, 0.5) is 0 Å². The second-order valence-electron chi connectivity index (χ2n) is 6.27. The number of hydrogen-bond acceptors (Lipinski definition) is 8. The Morgan fingerprint density at radius 3 is 2.23 bits per heavy atom. The predicted molar refractivity (Wildman–Crippen MR) is 110 cm³/mol. The van der Waals surface area contributed by atoms with Gasteiger partial charge in [-0.25, -0.2) is 18.0 Å². The van der Waals surface area contributed by atoms with Crippen molar-refractivity contribution in [3.63, 3.8) is 0 Å². The van der Waals surface area contributed by atoms with Crippen LogP contribution in [0.5, 0.6) is 11.5 Å². The minimum absolute atomic E-state index is 0.0650. The van der Waals surface area contributed by atoms with E-state index in [2.05, 4.69) is 0 Å². The van der Waals surface area contributed by atoms with E-state index in [1.54, 1.807) is 43.3 Å². The van der Waals surface area contributed by atoms with Crippen LogP contribution in [-0.2, 0) is 29.1 Å². The Bertz CT molecular complexity index is 1120. The summed E-state index contributed by atoms with van der Waals surface area (Å²) in [5.41, 5.74) is -0.285. The molecule has 0 radical (unpaired) electrons. The van der Waals surface area contributed by atoms with Crippen LogP contribution in [-0.4, -0.2) is 52.0 Å². The Kier molecular flexibility index (Phi) is 6.50. The van der Waals surface area contributed by atoms with Gasteiger partial charge in [0, 0.05) is 12.1 Å². The van der Waals surface area contributed by atoms with Crippen LogP contribution in [0.25, 0.3) is 5.76 Å². The zero-order valence-corrected chi connectivity index (χ0v) is 18.0. The van der Waals surface area contributed by atoms with E-state index in [-0.39, 0.29) is 28.5 Å². The molecule has 0 spiro atoms. The number of carbonyl (C=O) groups excluding carboxylic acids is 2. The first-order valence-electron chi connectivity index (χ1n) is 9.25. The van der Waals surface area contributed by atoms with Gasteiger partial charge in [0.2, 0.25) is 0 Å². The third-order valence-corrected chi connectivity index (χ3v) is 6.40. The van der Waals surface area contributed by atoms with Crippen molar-refractivity contribution in [2.75, 3.05) is 27.4 Å². The second kappa shape index (κ2) is 9.09. The average Bonchev–Trinajstić information content (AvgIpc) is 2.79. The normalized spacial score (nSPS) is 14.5. The molecule has 1 aliphatic heterocycles. The van der Waals surface area contributed by atoms with Crippen LogP contribution < -0.4 is 9.47 Å². The van der Waals surface area contributed by atoms with Crippen molar-refractivity contribution in [2.24, 2.45) is 0 Å². The van der Waals surface area contributed by atoms with E-state index in [9.17, 15) is 18.0 Å². The topological polar surface area (TPSA) is 108 Å². The van der Waals surface area contributed by atoms with Gasteiger partial charge < -0.3 is 18.9 Å². The van der Waals surface area contributed by atoms with Crippen molar-refractivity contribution in [1.82, 2.24) is 4.31 Å². The number of nitrogens with zero attached hydrogens (tertiary/aromatic N) is 1. The predicted octanol–water partition coefficient (Wildman–Crippen LogP) is 2.18. The molecule has 0 saturated heterocycles. The molecule has 3 rings (SSSR count). The highest BCUT2D eigenvalue weighted by Gasteiger charge is 2.41. The first-order chi connectivity index (χ1) is 14.8. The van der Waals surface area contributed by atoms with Gasteiger partial charge in [0.05, 0.1) is 19.1 Å². The first kappa shape index (κ1) is 22.2. The van der Waals surface area contributed by atoms with E-state index in [1.165, 1.54) is 19.2 Å². The fourth-order valence-electron chi connectivity index (χ4n) is 3.04. The van der Waals surface area contributed by atoms with E-state index in [0.717, 1.165) is 11.4 Å². The van der Waals surface area contributed by atoms with Gasteiger partial charge in [0.15, 0.2) is 18.1 Å². The maximum atomic E-state index is 13.0. The SMILES string of the molecule is CCN1C(C(=O)OC)=C(OC(=O)COc2ccc(OC)cc2)c2ccccc2S1(=O)=O. The molecule has 10 heteroatoms. The van der Waals surface area contributed by atoms with Gasteiger partial charge in [0.25, 0.3) is 10.0 Å². The van der Waals surface area contributed by atoms with Gasteiger partial charge in [-0.15, -0.1) is 0 Å². The number of sulfonamides is 1. The van der Waals surface area contributed by atoms with Crippen molar-refractivity contribution in [1.29, 1.82) is 0 Å². The van der Waals surface area contributed by atoms with Crippen molar-refractivity contribution in [3.05, 3.63) is 59.8 Å². The van der Waals surface area contributed by atoms with E-state index in [0.29, 0.717) is 11.5 Å². The number of hydrogen-bond donors (Lipinski definition) is 0. The van der Waals surface area contributed by atoms with Crippen LogP contribution in [0.15, 0.2) is 59.1 Å². The average molecular weight is 447 g/mol. The molecule has 164 valence electrons. The Balaban J connectivity index is 1.93. The summed E-state index contributed by atoms with van der Waals surface area (Å²) in [7, 11) is -1.38. The number of benzene rings is 2. The summed E-state index contributed by atoms with van der Waals surface area (Å²) >= 11 is 0. The van der Waals surface area contributed by atoms with Gasteiger partial charge >= 0.3 is 11.9 Å². The fourth-order valence-corrected chi connectivity index (χ4v) is 4.70. The van der Waals surface area contributed by atoms with Gasteiger partial charge in [-0.05, 0) is 43.3 Å². The Labute approximate surface area is 179 Å². The smallest absolute Gasteiger partial charge is 0.359 e. The van der Waals surface area contributed by atoms with Crippen LogP contribution in [0.2, 0.25) is 0 Å². The molecule has 0 bridgehead atoms. The molecular weight excluding hydrogens is 426 g/mol. The highest BCUT2D eigenvalue weighted by atomic mass is 32.2.